The zero-order valence-corrected chi connectivity index (χ0v) is 29.3. The molecule has 3 aliphatic rings. The Hall–Kier alpha value is -0.590. The summed E-state index contributed by atoms with van der Waals surface area (Å²) >= 11 is 34.2. The van der Waals surface area contributed by atoms with Crippen molar-refractivity contribution in [3.8, 4) is 0 Å². The number of aromatic nitrogens is 4. The predicted octanol–water partition coefficient (Wildman–Crippen LogP) is 5.29. The van der Waals surface area contributed by atoms with E-state index in [1.165, 1.54) is 21.8 Å². The molecule has 3 saturated heterocycles. The number of aliphatic hydroxyl groups is 2. The van der Waals surface area contributed by atoms with E-state index < -0.39 is 75.8 Å². The van der Waals surface area contributed by atoms with Gasteiger partial charge < -0.3 is 38.2 Å². The molecule has 3 N–H and O–H groups in total. The number of imidazole rings is 2. The molecule has 0 aliphatic carbocycles. The molecule has 14 nitrogen and oxygen atoms in total. The summed E-state index contributed by atoms with van der Waals surface area (Å²) < 4.78 is 51.5. The molecule has 4 bridgehead atoms. The van der Waals surface area contributed by atoms with E-state index in [0.29, 0.717) is 22.1 Å². The first kappa shape index (κ1) is 33.9. The zero-order chi connectivity index (χ0) is 32.7. The van der Waals surface area contributed by atoms with E-state index in [0.717, 1.165) is 0 Å². The van der Waals surface area contributed by atoms with Crippen molar-refractivity contribution >= 4 is 106 Å². The first-order chi connectivity index (χ1) is 21.7. The summed E-state index contributed by atoms with van der Waals surface area (Å²) in [6.45, 7) is -9.47. The average molecular weight is 794 g/mol. The van der Waals surface area contributed by atoms with Gasteiger partial charge in [0.2, 0.25) is 0 Å². The first-order valence-electron chi connectivity index (χ1n) is 13.3. The van der Waals surface area contributed by atoms with Crippen LogP contribution in [0.25, 0.3) is 22.1 Å². The summed E-state index contributed by atoms with van der Waals surface area (Å²) in [5, 5.41) is 23.5. The maximum atomic E-state index is 13.6. The lowest BCUT2D eigenvalue weighted by Crippen LogP contribution is -2.37. The van der Waals surface area contributed by atoms with Crippen molar-refractivity contribution in [2.24, 2.45) is 0 Å². The van der Waals surface area contributed by atoms with Crippen LogP contribution in [0.2, 0.25) is 20.1 Å². The van der Waals surface area contributed by atoms with Crippen molar-refractivity contribution in [3.63, 3.8) is 0 Å². The minimum Gasteiger partial charge on any atom is -0.387 e. The number of hydrogen-bond donors (Lipinski definition) is 4. The van der Waals surface area contributed by atoms with Gasteiger partial charge in [0.05, 0.1) is 68.0 Å². The van der Waals surface area contributed by atoms with Crippen LogP contribution in [0.5, 0.6) is 0 Å². The van der Waals surface area contributed by atoms with Gasteiger partial charge in [0, 0.05) is 0 Å². The molecule has 0 amide bonds. The summed E-state index contributed by atoms with van der Waals surface area (Å²) in [7, 11) is 0. The number of thiol groups is 1. The summed E-state index contributed by atoms with van der Waals surface area (Å²) in [5.74, 6) is 0. The van der Waals surface area contributed by atoms with Gasteiger partial charge in [-0.2, -0.15) is 0 Å². The third-order valence-corrected chi connectivity index (χ3v) is 12.3. The molecule has 3 aliphatic heterocycles. The number of hydrogen-bond acceptors (Lipinski definition) is 12. The first-order valence-corrected chi connectivity index (χ1v) is 20.1. The summed E-state index contributed by atoms with van der Waals surface area (Å²) in [4.78, 5) is 19.7. The number of ether oxygens (including phenoxy) is 2. The molecule has 46 heavy (non-hydrogen) atoms. The van der Waals surface area contributed by atoms with Crippen LogP contribution in [-0.4, -0.2) is 84.0 Å². The molecule has 22 heteroatoms. The zero-order valence-electron chi connectivity index (χ0n) is 22.7. The van der Waals surface area contributed by atoms with Crippen LogP contribution in [0.3, 0.4) is 0 Å². The normalized spacial score (nSPS) is 37.2. The second kappa shape index (κ2) is 12.6. The maximum absolute atomic E-state index is 13.6. The van der Waals surface area contributed by atoms with E-state index in [2.05, 4.69) is 22.2 Å². The Morgan fingerprint density at radius 1 is 0.783 bits per heavy atom. The second-order valence-electron chi connectivity index (χ2n) is 10.6. The third kappa shape index (κ3) is 6.29. The van der Waals surface area contributed by atoms with E-state index in [-0.39, 0.29) is 20.1 Å². The number of rotatable bonds is 2. The van der Waals surface area contributed by atoms with Gasteiger partial charge in [0.15, 0.2) is 12.5 Å². The molecule has 7 rings (SSSR count). The van der Waals surface area contributed by atoms with E-state index in [1.807, 2.05) is 0 Å². The average Bonchev–Trinajstić information content (AvgIpc) is 3.72. The molecule has 2 aromatic heterocycles. The molecule has 4 aromatic rings. The Morgan fingerprint density at radius 2 is 1.22 bits per heavy atom. The van der Waals surface area contributed by atoms with Gasteiger partial charge in [0.1, 0.15) is 36.6 Å². The van der Waals surface area contributed by atoms with Crippen LogP contribution < -0.4 is 0 Å². The van der Waals surface area contributed by atoms with Crippen LogP contribution in [0.1, 0.15) is 12.5 Å². The van der Waals surface area contributed by atoms with Gasteiger partial charge in [-0.1, -0.05) is 58.7 Å². The number of benzene rings is 2. The van der Waals surface area contributed by atoms with Crippen molar-refractivity contribution in [2.45, 2.75) is 49.1 Å². The largest absolute Gasteiger partial charge is 0.387 e. The minimum absolute atomic E-state index is 0.231. The summed E-state index contributed by atoms with van der Waals surface area (Å²) in [6, 6.07) is 6.18. The van der Waals surface area contributed by atoms with Gasteiger partial charge in [-0.05, 0) is 36.1 Å². The molecule has 10 atom stereocenters. The van der Waals surface area contributed by atoms with E-state index in [1.54, 1.807) is 24.3 Å². The molecule has 5 heterocycles. The van der Waals surface area contributed by atoms with E-state index in [9.17, 15) is 19.7 Å². The van der Waals surface area contributed by atoms with Crippen LogP contribution >= 0.6 is 72.2 Å². The fraction of sp³-hybridized carbons (Fsp3) is 0.417. The van der Waals surface area contributed by atoms with Gasteiger partial charge >= 0.3 is 13.5 Å². The van der Waals surface area contributed by atoms with Crippen LogP contribution in [0, 0.1) is 0 Å². The molecule has 0 saturated carbocycles. The molecule has 248 valence electrons. The lowest BCUT2D eigenvalue weighted by atomic mass is 10.1. The predicted molar refractivity (Wildman–Crippen MR) is 174 cm³/mol. The highest BCUT2D eigenvalue weighted by Gasteiger charge is 2.52. The van der Waals surface area contributed by atoms with Crippen LogP contribution in [0.4, 0.5) is 0 Å². The SMILES string of the molecule is O=P1(S)OC[C@H]2O[C@@H](n3cnc4cc(Cl)c(Cl)cc43)C(OP(O)(=S)OC[C@H]3O[C@@H](n4cnc5cc(Cl)c(Cl)cc54)[C@@H](O1)C3O)[C@H]2O. The monoisotopic (exact) mass is 792 g/mol. The standard InChI is InChI=1S/C24H22Cl4N4O10P2S2/c25-9-1-13-15(3-11(9)27)31(7-29-13)23-21-19(33)17(39-23)5-37-44(36,46)42-22-20(34)18(6-38-43(35,45)41-21)40-24(22)32-8-30-14-2-10(26)12(28)4-16(14)32/h1-4,7-8,17-24,33-34H,5-6H2,(H,35,45)(H,36,46)/t17-,18-,19+,20?,21?,22+,23-,24-,43?,44?/m1/s1. The molecular weight excluding hydrogens is 772 g/mol. The lowest BCUT2D eigenvalue weighted by Gasteiger charge is -2.27. The third-order valence-electron chi connectivity index (χ3n) is 7.72. The smallest absolute Gasteiger partial charge is 0.386 e. The van der Waals surface area contributed by atoms with Gasteiger partial charge in [0.25, 0.3) is 0 Å². The molecular formula is C24H22Cl4N4O10P2S2. The quantitative estimate of drug-likeness (QED) is 0.153. The number of aliphatic hydroxyl groups excluding tert-OH is 2. The highest BCUT2D eigenvalue weighted by molar-refractivity contribution is 8.44. The highest BCUT2D eigenvalue weighted by atomic mass is 35.5. The number of nitrogens with zero attached hydrogens (tertiary/aromatic N) is 4. The van der Waals surface area contributed by atoms with Crippen LogP contribution in [-0.2, 0) is 43.9 Å². The minimum atomic E-state index is -4.29. The molecule has 3 fully saturated rings. The van der Waals surface area contributed by atoms with Gasteiger partial charge in [-0.3, -0.25) is 13.6 Å². The maximum Gasteiger partial charge on any atom is 0.386 e. The summed E-state index contributed by atoms with van der Waals surface area (Å²) in [6.07, 6.45) is -7.58. The number of fused-ring (bicyclic) bond motifs is 6. The van der Waals surface area contributed by atoms with Gasteiger partial charge in [-0.25, -0.2) is 14.5 Å². The topological polar surface area (TPSA) is 169 Å². The Kier molecular flexibility index (Phi) is 9.30. The highest BCUT2D eigenvalue weighted by Crippen LogP contribution is 2.58. The van der Waals surface area contributed by atoms with Crippen molar-refractivity contribution in [1.29, 1.82) is 0 Å². The lowest BCUT2D eigenvalue weighted by molar-refractivity contribution is -0.0598. The Labute approximate surface area is 290 Å². The fourth-order valence-corrected chi connectivity index (χ4v) is 9.05. The molecule has 2 aromatic carbocycles. The second-order valence-corrected chi connectivity index (χ2v) is 17.9. The Bertz CT molecular complexity index is 1800. The molecule has 0 radical (unpaired) electrons. The number of halogens is 4. The van der Waals surface area contributed by atoms with Crippen molar-refractivity contribution in [2.75, 3.05) is 13.2 Å². The summed E-state index contributed by atoms with van der Waals surface area (Å²) in [5.41, 5.74) is 1.83. The van der Waals surface area contributed by atoms with E-state index in [4.69, 9.17) is 85.8 Å². The van der Waals surface area contributed by atoms with Crippen molar-refractivity contribution < 1.29 is 47.2 Å². The van der Waals surface area contributed by atoms with Crippen molar-refractivity contribution in [1.82, 2.24) is 19.1 Å². The fourth-order valence-electron chi connectivity index (χ4n) is 5.54. The molecule has 0 spiro atoms. The Balaban J connectivity index is 1.22. The molecule has 4 unspecified atom stereocenters. The van der Waals surface area contributed by atoms with Gasteiger partial charge in [-0.15, -0.1) is 0 Å². The van der Waals surface area contributed by atoms with Crippen LogP contribution in [0.15, 0.2) is 36.9 Å². The van der Waals surface area contributed by atoms with Crippen molar-refractivity contribution in [3.05, 3.63) is 57.0 Å². The Morgan fingerprint density at radius 3 is 1.72 bits per heavy atom. The van der Waals surface area contributed by atoms with E-state index >= 15 is 0 Å².